The number of hydrogen-bond acceptors (Lipinski definition) is 3. The van der Waals surface area contributed by atoms with E-state index in [1.165, 1.54) is 0 Å². The van der Waals surface area contributed by atoms with Crippen LogP contribution in [0.15, 0.2) is 78.9 Å². The molecule has 3 heteroatoms. The van der Waals surface area contributed by atoms with Crippen LogP contribution in [0, 0.1) is 0 Å². The van der Waals surface area contributed by atoms with Crippen LogP contribution < -0.4 is 10.1 Å². The summed E-state index contributed by atoms with van der Waals surface area (Å²) in [5.74, 6) is 1.10. The monoisotopic (exact) mass is 413 g/mol. The molecule has 3 aromatic rings. The van der Waals surface area contributed by atoms with E-state index in [2.05, 4.69) is 35.7 Å². The Balaban J connectivity index is 2.06. The van der Waals surface area contributed by atoms with Crippen molar-refractivity contribution in [2.75, 3.05) is 13.6 Å². The van der Waals surface area contributed by atoms with Gasteiger partial charge in [-0.25, -0.2) is 0 Å². The third-order valence-corrected chi connectivity index (χ3v) is 5.14. The largest absolute Gasteiger partial charge is 0.507 e. The van der Waals surface area contributed by atoms with E-state index in [9.17, 15) is 5.11 Å². The minimum atomic E-state index is -0.0629. The summed E-state index contributed by atoms with van der Waals surface area (Å²) < 4.78 is 6.61. The maximum absolute atomic E-state index is 10.2. The maximum Gasteiger partial charge on any atom is 0.128 e. The molecule has 0 spiro atoms. The highest BCUT2D eigenvalue weighted by Crippen LogP contribution is 2.37. The molecule has 0 fully saturated rings. The predicted octanol–water partition coefficient (Wildman–Crippen LogP) is 6.86. The summed E-state index contributed by atoms with van der Waals surface area (Å²) in [6.07, 6.45) is 8.74. The Morgan fingerprint density at radius 1 is 0.935 bits per heavy atom. The van der Waals surface area contributed by atoms with Crippen molar-refractivity contribution in [1.29, 1.82) is 0 Å². The molecule has 1 unspecified atom stereocenters. The zero-order valence-electron chi connectivity index (χ0n) is 18.5. The maximum atomic E-state index is 10.2. The third kappa shape index (κ3) is 5.87. The van der Waals surface area contributed by atoms with Gasteiger partial charge in [-0.05, 0) is 68.4 Å². The number of allylic oxidation sites excluding steroid dienone is 2. The fourth-order valence-corrected chi connectivity index (χ4v) is 3.60. The van der Waals surface area contributed by atoms with Gasteiger partial charge in [-0.15, -0.1) is 0 Å². The molecule has 31 heavy (non-hydrogen) atoms. The molecule has 0 heterocycles. The van der Waals surface area contributed by atoms with E-state index >= 15 is 0 Å². The smallest absolute Gasteiger partial charge is 0.128 e. The molecule has 0 aliphatic heterocycles. The van der Waals surface area contributed by atoms with Gasteiger partial charge in [0, 0.05) is 17.5 Å². The molecule has 3 aromatic carbocycles. The Hall–Kier alpha value is -3.30. The fourth-order valence-electron chi connectivity index (χ4n) is 3.60. The Bertz CT molecular complexity index is 1040. The lowest BCUT2D eigenvalue weighted by Crippen LogP contribution is -2.16. The molecule has 0 radical (unpaired) electrons. The van der Waals surface area contributed by atoms with Gasteiger partial charge in [-0.3, -0.25) is 0 Å². The van der Waals surface area contributed by atoms with Crippen LogP contribution >= 0.6 is 0 Å². The first-order chi connectivity index (χ1) is 15.2. The van der Waals surface area contributed by atoms with Crippen molar-refractivity contribution in [1.82, 2.24) is 5.32 Å². The molecule has 2 N–H and O–H groups in total. The molecule has 0 bridgehead atoms. The summed E-state index contributed by atoms with van der Waals surface area (Å²) in [5, 5.41) is 13.4. The molecule has 3 rings (SSSR count). The zero-order valence-corrected chi connectivity index (χ0v) is 18.5. The van der Waals surface area contributed by atoms with Gasteiger partial charge >= 0.3 is 0 Å². The highest BCUT2D eigenvalue weighted by atomic mass is 16.5. The molecule has 0 amide bonds. The molecule has 0 saturated carbocycles. The van der Waals surface area contributed by atoms with Crippen LogP contribution in [0.4, 0.5) is 0 Å². The third-order valence-electron chi connectivity index (χ3n) is 5.14. The van der Waals surface area contributed by atoms with E-state index in [0.29, 0.717) is 0 Å². The molecule has 0 saturated heterocycles. The quantitative estimate of drug-likeness (QED) is 0.403. The number of aromatic hydroxyl groups is 1. The van der Waals surface area contributed by atoms with Crippen LogP contribution in [0.3, 0.4) is 0 Å². The number of phenols is 1. The van der Waals surface area contributed by atoms with E-state index in [0.717, 1.165) is 46.5 Å². The van der Waals surface area contributed by atoms with Gasteiger partial charge < -0.3 is 15.2 Å². The van der Waals surface area contributed by atoms with Gasteiger partial charge in [-0.2, -0.15) is 0 Å². The highest BCUT2D eigenvalue weighted by Gasteiger charge is 2.17. The molecule has 160 valence electrons. The van der Waals surface area contributed by atoms with Gasteiger partial charge in [0.1, 0.15) is 17.6 Å². The van der Waals surface area contributed by atoms with E-state index in [4.69, 9.17) is 4.74 Å². The number of hydrogen-bond donors (Lipinski definition) is 2. The average molecular weight is 414 g/mol. The van der Waals surface area contributed by atoms with Crippen molar-refractivity contribution in [3.63, 3.8) is 0 Å². The van der Waals surface area contributed by atoms with E-state index in [1.54, 1.807) is 6.07 Å². The summed E-state index contributed by atoms with van der Waals surface area (Å²) in [7, 11) is 1.96. The molecule has 1 atom stereocenters. The van der Waals surface area contributed by atoms with Gasteiger partial charge in [0.25, 0.3) is 0 Å². The predicted molar refractivity (Wildman–Crippen MR) is 131 cm³/mol. The molecule has 0 aliphatic carbocycles. The Morgan fingerprint density at radius 2 is 1.71 bits per heavy atom. The number of ether oxygens (including phenoxy) is 1. The molecule has 3 nitrogen and oxygen atoms in total. The van der Waals surface area contributed by atoms with E-state index in [-0.39, 0.29) is 11.9 Å². The lowest BCUT2D eigenvalue weighted by Gasteiger charge is -2.22. The summed E-state index contributed by atoms with van der Waals surface area (Å²) in [5.41, 5.74) is 5.06. The minimum absolute atomic E-state index is 0.0629. The van der Waals surface area contributed by atoms with Crippen molar-refractivity contribution in [2.45, 2.75) is 26.4 Å². The molecule has 0 aliphatic rings. The molecular weight excluding hydrogens is 382 g/mol. The van der Waals surface area contributed by atoms with Gasteiger partial charge in [0.2, 0.25) is 0 Å². The number of phenolic OH excluding ortho intramolecular Hbond substituents is 1. The summed E-state index contributed by atoms with van der Waals surface area (Å²) >= 11 is 0. The molecular formula is C28H31NO2. The second-order valence-corrected chi connectivity index (χ2v) is 7.44. The van der Waals surface area contributed by atoms with Crippen molar-refractivity contribution in [3.8, 4) is 22.6 Å². The number of nitrogens with one attached hydrogen (secondary N) is 1. The standard InChI is InChI=1S/C28H31NO2/c1-4-9-21-13-16-28(31-27(17-18-29-3)22-11-7-6-8-12-22)25(19-21)23-14-15-26(30)24(20-23)10-5-2/h4-16,19-20,27,29-30H,17-18H2,1-3H3/b9-4-,10-5-. The van der Waals surface area contributed by atoms with Crippen molar-refractivity contribution in [3.05, 3.63) is 95.6 Å². The highest BCUT2D eigenvalue weighted by molar-refractivity contribution is 5.77. The molecule has 0 aromatic heterocycles. The lowest BCUT2D eigenvalue weighted by atomic mass is 9.98. The van der Waals surface area contributed by atoms with E-state index < -0.39 is 0 Å². The normalized spacial score (nSPS) is 12.5. The topological polar surface area (TPSA) is 41.5 Å². The van der Waals surface area contributed by atoms with Crippen molar-refractivity contribution >= 4 is 12.2 Å². The number of rotatable bonds is 9. The average Bonchev–Trinajstić information content (AvgIpc) is 2.80. The summed E-state index contributed by atoms with van der Waals surface area (Å²) in [6, 6.07) is 22.3. The first-order valence-electron chi connectivity index (χ1n) is 10.7. The van der Waals surface area contributed by atoms with Crippen molar-refractivity contribution < 1.29 is 9.84 Å². The Morgan fingerprint density at radius 3 is 2.42 bits per heavy atom. The van der Waals surface area contributed by atoms with Crippen LogP contribution in [0.25, 0.3) is 23.3 Å². The second kappa shape index (κ2) is 11.2. The SMILES string of the molecule is C/C=C\c1ccc(OC(CCNC)c2ccccc2)c(-c2ccc(O)c(/C=C\C)c2)c1. The lowest BCUT2D eigenvalue weighted by molar-refractivity contribution is 0.196. The first kappa shape index (κ1) is 22.4. The first-order valence-corrected chi connectivity index (χ1v) is 10.7. The van der Waals surface area contributed by atoms with Crippen LogP contribution in [-0.2, 0) is 0 Å². The second-order valence-electron chi connectivity index (χ2n) is 7.44. The van der Waals surface area contributed by atoms with Gasteiger partial charge in [0.15, 0.2) is 0 Å². The fraction of sp³-hybridized carbons (Fsp3) is 0.214. The summed E-state index contributed by atoms with van der Waals surface area (Å²) in [4.78, 5) is 0. The van der Waals surface area contributed by atoms with Gasteiger partial charge in [-0.1, -0.05) is 66.8 Å². The van der Waals surface area contributed by atoms with Crippen LogP contribution in [0.2, 0.25) is 0 Å². The van der Waals surface area contributed by atoms with Crippen LogP contribution in [0.1, 0.15) is 43.1 Å². The Kier molecular flexibility index (Phi) is 8.08. The number of benzene rings is 3. The summed E-state index contributed by atoms with van der Waals surface area (Å²) in [6.45, 7) is 4.81. The van der Waals surface area contributed by atoms with Crippen LogP contribution in [-0.4, -0.2) is 18.7 Å². The Labute approximate surface area is 185 Å². The minimum Gasteiger partial charge on any atom is -0.507 e. The van der Waals surface area contributed by atoms with Gasteiger partial charge in [0.05, 0.1) is 0 Å². The zero-order chi connectivity index (χ0) is 22.1. The van der Waals surface area contributed by atoms with E-state index in [1.807, 2.05) is 75.5 Å². The van der Waals surface area contributed by atoms with Crippen LogP contribution in [0.5, 0.6) is 11.5 Å². The van der Waals surface area contributed by atoms with Crippen molar-refractivity contribution in [2.24, 2.45) is 0 Å².